The normalized spacial score (nSPS) is 14.5. The van der Waals surface area contributed by atoms with E-state index in [0.717, 1.165) is 109 Å². The molecule has 0 saturated heterocycles. The van der Waals surface area contributed by atoms with Crippen LogP contribution in [0.5, 0.6) is 0 Å². The molecule has 1 N–H and O–H groups in total. The van der Waals surface area contributed by atoms with Crippen LogP contribution in [0.25, 0.3) is 0 Å². The van der Waals surface area contributed by atoms with Gasteiger partial charge in [0.2, 0.25) is 0 Å². The van der Waals surface area contributed by atoms with Crippen LogP contribution in [0.1, 0.15) is 181 Å². The highest BCUT2D eigenvalue weighted by Gasteiger charge is 2.26. The molecule has 8 nitrogen and oxygen atoms in total. The van der Waals surface area contributed by atoms with Crippen LogP contribution in [0.15, 0.2) is 109 Å². The first-order valence-electron chi connectivity index (χ1n) is 25.6. The number of ether oxygens (including phenoxy) is 2. The molecule has 0 aromatic carbocycles. The number of unbranched alkanes of at least 4 members (excludes halogenated alkanes) is 14. The average Bonchev–Trinajstić information content (AvgIpc) is 3.27. The lowest BCUT2D eigenvalue weighted by atomic mass is 10.1. The minimum atomic E-state index is -4.30. The van der Waals surface area contributed by atoms with E-state index in [9.17, 15) is 14.3 Å². The third-order valence-corrected chi connectivity index (χ3v) is 11.3. The Bertz CT molecular complexity index is 1400. The van der Waals surface area contributed by atoms with Crippen LogP contribution in [0.3, 0.4) is 0 Å². The van der Waals surface area contributed by atoms with E-state index in [0.29, 0.717) is 24.1 Å². The second-order valence-electron chi connectivity index (χ2n) is 17.8. The maximum atomic E-state index is 12.8. The summed E-state index contributed by atoms with van der Waals surface area (Å²) in [6.45, 7) is 5.33. The zero-order chi connectivity index (χ0) is 47.6. The summed E-state index contributed by atoms with van der Waals surface area (Å²) in [6.07, 6.45) is 67.0. The molecule has 2 unspecified atom stereocenters. The van der Waals surface area contributed by atoms with Gasteiger partial charge in [0.25, 0.3) is 0 Å². The van der Waals surface area contributed by atoms with Gasteiger partial charge in [-0.25, -0.2) is 4.57 Å². The SMILES string of the molecule is CC/C=C\C/C=C\C/C=C\C/C=C\C/C=C\C/C=C\CCCCCCCCCOCC(COP(=O)(O)OCC[N+](C)(C)C)OC(=O)CCCCCCCCC/C=C\C/C=C\C/C=C\CC. The fraction of sp³-hybridized carbons (Fsp3) is 0.661. The van der Waals surface area contributed by atoms with Crippen LogP contribution in [-0.2, 0) is 27.9 Å². The van der Waals surface area contributed by atoms with Crippen molar-refractivity contribution < 1.29 is 37.3 Å². The Kier molecular flexibility index (Phi) is 45.6. The first-order chi connectivity index (χ1) is 31.6. The molecule has 0 aliphatic rings. The van der Waals surface area contributed by atoms with E-state index in [2.05, 4.69) is 123 Å². The topological polar surface area (TPSA) is 91.3 Å². The van der Waals surface area contributed by atoms with Gasteiger partial charge in [0.15, 0.2) is 0 Å². The summed E-state index contributed by atoms with van der Waals surface area (Å²) in [6, 6.07) is 0. The van der Waals surface area contributed by atoms with Crippen LogP contribution < -0.4 is 0 Å². The number of esters is 1. The number of likely N-dealkylation sites (N-methyl/N-ethyl adjacent to an activating group) is 1. The molecule has 0 aromatic heterocycles. The number of rotatable bonds is 46. The number of hydrogen-bond acceptors (Lipinski definition) is 6. The molecule has 0 fully saturated rings. The minimum Gasteiger partial charge on any atom is -0.457 e. The fourth-order valence-electron chi connectivity index (χ4n) is 6.45. The van der Waals surface area contributed by atoms with Crippen LogP contribution in [0.4, 0.5) is 0 Å². The van der Waals surface area contributed by atoms with Crippen LogP contribution in [0, 0.1) is 0 Å². The molecule has 372 valence electrons. The van der Waals surface area contributed by atoms with Crippen molar-refractivity contribution in [1.29, 1.82) is 0 Å². The number of hydrogen-bond donors (Lipinski definition) is 1. The van der Waals surface area contributed by atoms with Crippen LogP contribution >= 0.6 is 7.82 Å². The number of allylic oxidation sites excluding steroid dienone is 18. The minimum absolute atomic E-state index is 0.0776. The van der Waals surface area contributed by atoms with E-state index in [1.165, 1.54) is 51.4 Å². The molecule has 2 atom stereocenters. The lowest BCUT2D eigenvalue weighted by Gasteiger charge is -2.24. The highest BCUT2D eigenvalue weighted by atomic mass is 31.2. The van der Waals surface area contributed by atoms with E-state index >= 15 is 0 Å². The van der Waals surface area contributed by atoms with Crippen molar-refractivity contribution in [3.63, 3.8) is 0 Å². The van der Waals surface area contributed by atoms with Crippen LogP contribution in [-0.4, -0.2) is 75.6 Å². The van der Waals surface area contributed by atoms with Gasteiger partial charge in [-0.3, -0.25) is 13.8 Å². The molecule has 0 aliphatic heterocycles. The molecule has 0 amide bonds. The molecule has 0 radical (unpaired) electrons. The monoisotopic (exact) mass is 927 g/mol. The van der Waals surface area contributed by atoms with Gasteiger partial charge in [0.05, 0.1) is 34.4 Å². The van der Waals surface area contributed by atoms with Gasteiger partial charge >= 0.3 is 13.8 Å². The molecule has 9 heteroatoms. The van der Waals surface area contributed by atoms with Gasteiger partial charge in [0, 0.05) is 13.0 Å². The summed E-state index contributed by atoms with van der Waals surface area (Å²) < 4.78 is 35.1. The number of carbonyl (C=O) groups excluding carboxylic acids is 1. The lowest BCUT2D eigenvalue weighted by Crippen LogP contribution is -2.37. The molecule has 0 rings (SSSR count). The third-order valence-electron chi connectivity index (χ3n) is 10.3. The van der Waals surface area contributed by atoms with E-state index in [4.69, 9.17) is 18.5 Å². The lowest BCUT2D eigenvalue weighted by molar-refractivity contribution is -0.870. The summed E-state index contributed by atoms with van der Waals surface area (Å²) in [5.74, 6) is -0.333. The number of phosphoric acid groups is 1. The van der Waals surface area contributed by atoms with Crippen molar-refractivity contribution in [2.45, 2.75) is 187 Å². The predicted octanol–water partition coefficient (Wildman–Crippen LogP) is 15.9. The summed E-state index contributed by atoms with van der Waals surface area (Å²) in [5, 5.41) is 0. The third kappa shape index (κ3) is 52.0. The summed E-state index contributed by atoms with van der Waals surface area (Å²) in [7, 11) is 1.63. The number of carbonyl (C=O) groups is 1. The van der Waals surface area contributed by atoms with E-state index in [1.54, 1.807) is 0 Å². The highest BCUT2D eigenvalue weighted by Crippen LogP contribution is 2.43. The largest absolute Gasteiger partial charge is 0.472 e. The molecule has 65 heavy (non-hydrogen) atoms. The number of phosphoric ester groups is 1. The van der Waals surface area contributed by atoms with E-state index in [1.807, 2.05) is 21.1 Å². The zero-order valence-corrected chi connectivity index (χ0v) is 43.1. The molecule has 0 saturated carbocycles. The van der Waals surface area contributed by atoms with E-state index in [-0.39, 0.29) is 25.8 Å². The Labute approximate surface area is 400 Å². The molecule has 0 spiro atoms. The average molecular weight is 927 g/mol. The summed E-state index contributed by atoms with van der Waals surface area (Å²) in [4.78, 5) is 23.0. The van der Waals surface area contributed by atoms with Crippen molar-refractivity contribution in [2.75, 3.05) is 54.1 Å². The van der Waals surface area contributed by atoms with Gasteiger partial charge in [-0.05, 0) is 96.3 Å². The Hall–Kier alpha value is -2.84. The standard InChI is InChI=1S/C56H96NO7P/c1-6-8-10-12-14-16-18-20-22-24-25-26-27-28-29-30-31-32-34-36-38-40-42-44-46-48-51-61-53-55(54-63-65(59,60)62-52-50-57(3,4)5)64-56(58)49-47-45-43-41-39-37-35-33-23-21-19-17-15-13-11-9-7-2/h8-11,14-17,20-23,25-26,28-29,31-32,55H,6-7,12-13,18-19,24,27,30,33-54H2,1-5H3/p+1/b10-8-,11-9-,16-14-,17-15-,22-20-,23-21-,26-25-,29-28-,32-31-. The maximum absolute atomic E-state index is 12.8. The van der Waals surface area contributed by atoms with Crippen molar-refractivity contribution in [1.82, 2.24) is 0 Å². The van der Waals surface area contributed by atoms with Gasteiger partial charge in [0.1, 0.15) is 19.3 Å². The van der Waals surface area contributed by atoms with Crippen LogP contribution in [0.2, 0.25) is 0 Å². The second-order valence-corrected chi connectivity index (χ2v) is 19.2. The first kappa shape index (κ1) is 62.2. The Morgan fingerprint density at radius 3 is 1.26 bits per heavy atom. The molecule has 0 heterocycles. The Morgan fingerprint density at radius 2 is 0.846 bits per heavy atom. The smallest absolute Gasteiger partial charge is 0.457 e. The van der Waals surface area contributed by atoms with Crippen molar-refractivity contribution in [3.05, 3.63) is 109 Å². The zero-order valence-electron chi connectivity index (χ0n) is 42.2. The predicted molar refractivity (Wildman–Crippen MR) is 279 cm³/mol. The number of nitrogens with zero attached hydrogens (tertiary/aromatic N) is 1. The van der Waals surface area contributed by atoms with Crippen molar-refractivity contribution in [2.24, 2.45) is 0 Å². The summed E-state index contributed by atoms with van der Waals surface area (Å²) >= 11 is 0. The fourth-order valence-corrected chi connectivity index (χ4v) is 7.19. The Balaban J connectivity index is 4.20. The molecular weight excluding hydrogens is 830 g/mol. The maximum Gasteiger partial charge on any atom is 0.472 e. The van der Waals surface area contributed by atoms with Gasteiger partial charge in [-0.1, -0.05) is 187 Å². The highest BCUT2D eigenvalue weighted by molar-refractivity contribution is 7.47. The van der Waals surface area contributed by atoms with Gasteiger partial charge in [-0.2, -0.15) is 0 Å². The molecular formula is C56H97NO7P+. The van der Waals surface area contributed by atoms with Gasteiger partial charge in [-0.15, -0.1) is 0 Å². The quantitative estimate of drug-likeness (QED) is 0.0214. The van der Waals surface area contributed by atoms with Gasteiger partial charge < -0.3 is 18.9 Å². The molecule has 0 bridgehead atoms. The molecule has 0 aromatic rings. The molecule has 0 aliphatic carbocycles. The van der Waals surface area contributed by atoms with Crippen molar-refractivity contribution >= 4 is 13.8 Å². The summed E-state index contributed by atoms with van der Waals surface area (Å²) in [5.41, 5.74) is 0. The second kappa shape index (κ2) is 47.6. The van der Waals surface area contributed by atoms with E-state index < -0.39 is 13.9 Å². The first-order valence-corrected chi connectivity index (χ1v) is 27.1. The number of quaternary nitrogens is 1. The Morgan fingerprint density at radius 1 is 0.477 bits per heavy atom. The van der Waals surface area contributed by atoms with Crippen molar-refractivity contribution in [3.8, 4) is 0 Å².